The molecule has 108 valence electrons. The van der Waals surface area contributed by atoms with E-state index in [9.17, 15) is 0 Å². The molecule has 0 radical (unpaired) electrons. The van der Waals surface area contributed by atoms with E-state index in [1.54, 1.807) is 0 Å². The van der Waals surface area contributed by atoms with Crippen LogP contribution >= 0.6 is 0 Å². The molecule has 3 heteroatoms. The van der Waals surface area contributed by atoms with Crippen LogP contribution in [0.15, 0.2) is 34.9 Å². The zero-order chi connectivity index (χ0) is 13.8. The van der Waals surface area contributed by atoms with Gasteiger partial charge in [-0.3, -0.25) is 0 Å². The molecule has 1 aromatic heterocycles. The molecule has 1 atom stereocenters. The van der Waals surface area contributed by atoms with Gasteiger partial charge < -0.3 is 15.5 Å². The highest BCUT2D eigenvalue weighted by molar-refractivity contribution is 5.81. The minimum atomic E-state index is 0.196. The van der Waals surface area contributed by atoms with Gasteiger partial charge in [0, 0.05) is 29.6 Å². The predicted molar refractivity (Wildman–Crippen MR) is 82.6 cm³/mol. The molecular formula is C17H24N2O. The van der Waals surface area contributed by atoms with Crippen molar-refractivity contribution in [1.29, 1.82) is 0 Å². The maximum Gasteiger partial charge on any atom is 0.134 e. The second kappa shape index (κ2) is 6.42. The second-order valence-corrected chi connectivity index (χ2v) is 5.83. The van der Waals surface area contributed by atoms with E-state index in [1.165, 1.54) is 49.5 Å². The van der Waals surface area contributed by atoms with Crippen LogP contribution in [-0.4, -0.2) is 12.6 Å². The third-order valence-corrected chi connectivity index (χ3v) is 4.41. The Bertz CT molecular complexity index is 541. The number of benzene rings is 1. The van der Waals surface area contributed by atoms with Crippen molar-refractivity contribution < 1.29 is 4.42 Å². The number of rotatable bonds is 4. The summed E-state index contributed by atoms with van der Waals surface area (Å²) in [5.41, 5.74) is 8.16. The molecule has 0 saturated heterocycles. The van der Waals surface area contributed by atoms with E-state index in [4.69, 9.17) is 10.2 Å². The molecule has 0 amide bonds. The number of hydrogen-bond acceptors (Lipinski definition) is 3. The molecule has 1 aromatic carbocycles. The summed E-state index contributed by atoms with van der Waals surface area (Å²) in [5.74, 6) is 0. The van der Waals surface area contributed by atoms with Crippen LogP contribution in [0.4, 0.5) is 0 Å². The van der Waals surface area contributed by atoms with Crippen molar-refractivity contribution in [3.63, 3.8) is 0 Å². The Balaban J connectivity index is 1.78. The van der Waals surface area contributed by atoms with Gasteiger partial charge in [-0.25, -0.2) is 0 Å². The van der Waals surface area contributed by atoms with E-state index in [0.29, 0.717) is 12.6 Å². The highest BCUT2D eigenvalue weighted by atomic mass is 16.3. The lowest BCUT2D eigenvalue weighted by atomic mass is 10.0. The van der Waals surface area contributed by atoms with Gasteiger partial charge in [-0.15, -0.1) is 0 Å². The van der Waals surface area contributed by atoms with Crippen LogP contribution in [0.1, 0.15) is 50.1 Å². The fourth-order valence-corrected chi connectivity index (χ4v) is 3.28. The van der Waals surface area contributed by atoms with E-state index in [1.807, 2.05) is 18.4 Å². The number of nitrogens with one attached hydrogen (secondary N) is 1. The average molecular weight is 272 g/mol. The predicted octanol–water partition coefficient (Wildman–Crippen LogP) is 3.75. The van der Waals surface area contributed by atoms with Gasteiger partial charge in [0.15, 0.2) is 0 Å². The normalized spacial score (nSPS) is 19.1. The Morgan fingerprint density at radius 1 is 1.15 bits per heavy atom. The fraction of sp³-hybridized carbons (Fsp3) is 0.529. The summed E-state index contributed by atoms with van der Waals surface area (Å²) in [6.45, 7) is 0.611. The molecule has 1 fully saturated rings. The molecule has 1 aliphatic rings. The number of para-hydroxylation sites is 1. The average Bonchev–Trinajstić information content (AvgIpc) is 2.74. The summed E-state index contributed by atoms with van der Waals surface area (Å²) < 4.78 is 5.65. The number of furan rings is 1. The molecule has 1 aliphatic carbocycles. The third kappa shape index (κ3) is 2.89. The minimum absolute atomic E-state index is 0.196. The van der Waals surface area contributed by atoms with Crippen molar-refractivity contribution >= 4 is 11.0 Å². The molecule has 0 aliphatic heterocycles. The Labute approximate surface area is 120 Å². The Kier molecular flexibility index (Phi) is 4.38. The van der Waals surface area contributed by atoms with Crippen LogP contribution in [0.25, 0.3) is 11.0 Å². The molecule has 20 heavy (non-hydrogen) atoms. The topological polar surface area (TPSA) is 51.2 Å². The van der Waals surface area contributed by atoms with E-state index < -0.39 is 0 Å². The van der Waals surface area contributed by atoms with Gasteiger partial charge in [-0.2, -0.15) is 0 Å². The van der Waals surface area contributed by atoms with Crippen molar-refractivity contribution in [2.24, 2.45) is 5.73 Å². The van der Waals surface area contributed by atoms with Gasteiger partial charge in [-0.05, 0) is 18.9 Å². The highest BCUT2D eigenvalue weighted by Crippen LogP contribution is 2.27. The van der Waals surface area contributed by atoms with E-state index >= 15 is 0 Å². The first-order valence-corrected chi connectivity index (χ1v) is 7.80. The van der Waals surface area contributed by atoms with Gasteiger partial charge in [-0.1, -0.05) is 43.9 Å². The summed E-state index contributed by atoms with van der Waals surface area (Å²) in [6.07, 6.45) is 9.83. The van der Waals surface area contributed by atoms with Crippen molar-refractivity contribution in [3.8, 4) is 0 Å². The fourth-order valence-electron chi connectivity index (χ4n) is 3.28. The van der Waals surface area contributed by atoms with Crippen LogP contribution in [0.5, 0.6) is 0 Å². The molecule has 1 unspecified atom stereocenters. The van der Waals surface area contributed by atoms with Gasteiger partial charge in [0.25, 0.3) is 0 Å². The zero-order valence-corrected chi connectivity index (χ0v) is 12.0. The standard InChI is InChI=1S/C17H24N2O/c18-11-16(19-13-7-3-1-2-4-8-13)15-12-20-17-10-6-5-9-14(15)17/h5-6,9-10,12-13,16,19H,1-4,7-8,11,18H2. The summed E-state index contributed by atoms with van der Waals surface area (Å²) in [5, 5.41) is 4.94. The number of fused-ring (bicyclic) bond motifs is 1. The van der Waals surface area contributed by atoms with Crippen LogP contribution in [-0.2, 0) is 0 Å². The van der Waals surface area contributed by atoms with E-state index in [2.05, 4.69) is 17.4 Å². The Morgan fingerprint density at radius 2 is 1.90 bits per heavy atom. The first-order chi connectivity index (χ1) is 9.88. The highest BCUT2D eigenvalue weighted by Gasteiger charge is 2.20. The van der Waals surface area contributed by atoms with Gasteiger partial charge in [0.05, 0.1) is 6.26 Å². The lowest BCUT2D eigenvalue weighted by Gasteiger charge is -2.23. The molecule has 1 heterocycles. The summed E-state index contributed by atoms with van der Waals surface area (Å²) in [6, 6.07) is 8.98. The largest absolute Gasteiger partial charge is 0.464 e. The van der Waals surface area contributed by atoms with Crippen molar-refractivity contribution in [1.82, 2.24) is 5.32 Å². The molecule has 3 N–H and O–H groups in total. The minimum Gasteiger partial charge on any atom is -0.464 e. The molecule has 2 aromatic rings. The first-order valence-electron chi connectivity index (χ1n) is 7.80. The Morgan fingerprint density at radius 3 is 2.65 bits per heavy atom. The number of nitrogens with two attached hydrogens (primary N) is 1. The van der Waals surface area contributed by atoms with E-state index in [-0.39, 0.29) is 6.04 Å². The van der Waals surface area contributed by atoms with Crippen molar-refractivity contribution in [2.45, 2.75) is 50.6 Å². The summed E-state index contributed by atoms with van der Waals surface area (Å²) in [4.78, 5) is 0. The molecule has 3 nitrogen and oxygen atoms in total. The van der Waals surface area contributed by atoms with Crippen LogP contribution in [0.2, 0.25) is 0 Å². The van der Waals surface area contributed by atoms with Gasteiger partial charge >= 0.3 is 0 Å². The second-order valence-electron chi connectivity index (χ2n) is 5.83. The third-order valence-electron chi connectivity index (χ3n) is 4.41. The smallest absolute Gasteiger partial charge is 0.134 e. The SMILES string of the molecule is NCC(NC1CCCCCC1)c1coc2ccccc12. The monoisotopic (exact) mass is 272 g/mol. The molecule has 0 spiro atoms. The molecule has 1 saturated carbocycles. The quantitative estimate of drug-likeness (QED) is 0.833. The van der Waals surface area contributed by atoms with E-state index in [0.717, 1.165) is 5.58 Å². The summed E-state index contributed by atoms with van der Waals surface area (Å²) in [7, 11) is 0. The maximum absolute atomic E-state index is 6.01. The number of hydrogen-bond donors (Lipinski definition) is 2. The lowest BCUT2D eigenvalue weighted by Crippen LogP contribution is -2.36. The molecule has 3 rings (SSSR count). The Hall–Kier alpha value is -1.32. The maximum atomic E-state index is 6.01. The zero-order valence-electron chi connectivity index (χ0n) is 12.0. The van der Waals surface area contributed by atoms with Gasteiger partial charge in [0.2, 0.25) is 0 Å². The van der Waals surface area contributed by atoms with Crippen LogP contribution in [0, 0.1) is 0 Å². The lowest BCUT2D eigenvalue weighted by molar-refractivity contribution is 0.401. The van der Waals surface area contributed by atoms with Crippen LogP contribution < -0.4 is 11.1 Å². The van der Waals surface area contributed by atoms with Crippen molar-refractivity contribution in [2.75, 3.05) is 6.54 Å². The van der Waals surface area contributed by atoms with Crippen LogP contribution in [0.3, 0.4) is 0 Å². The summed E-state index contributed by atoms with van der Waals surface area (Å²) >= 11 is 0. The molecular weight excluding hydrogens is 248 g/mol. The van der Waals surface area contributed by atoms with Crippen molar-refractivity contribution in [3.05, 3.63) is 36.1 Å². The first kappa shape index (κ1) is 13.7. The van der Waals surface area contributed by atoms with Gasteiger partial charge in [0.1, 0.15) is 5.58 Å². The molecule has 0 bridgehead atoms.